The number of carboxylic acids is 1. The number of amides is 1. The van der Waals surface area contributed by atoms with Crippen LogP contribution >= 0.6 is 0 Å². The van der Waals surface area contributed by atoms with Crippen LogP contribution in [0.2, 0.25) is 0 Å². The van der Waals surface area contributed by atoms with Crippen LogP contribution in [-0.4, -0.2) is 29.6 Å². The fourth-order valence-corrected chi connectivity index (χ4v) is 2.61. The van der Waals surface area contributed by atoms with Gasteiger partial charge in [0.05, 0.1) is 0 Å². The van der Waals surface area contributed by atoms with Gasteiger partial charge in [0, 0.05) is 18.5 Å². The Balaban J connectivity index is 2.10. The number of hydrogen-bond acceptors (Lipinski definition) is 3. The Morgan fingerprint density at radius 3 is 2.70 bits per heavy atom. The van der Waals surface area contributed by atoms with E-state index >= 15 is 0 Å². The number of nitrogens with zero attached hydrogens (tertiary/aromatic N) is 1. The zero-order chi connectivity index (χ0) is 14.5. The molecule has 1 amide bonds. The standard InChI is InChI=1S/C15H20N2O3/c16-9-5-1-2-8-14(18)17-12-7-4-3-6-11(12)10-13(17)15(19)20/h3-4,6-7,13H,1-2,5,8-10,16H2,(H,19,20). The summed E-state index contributed by atoms with van der Waals surface area (Å²) in [6.07, 6.45) is 3.31. The van der Waals surface area contributed by atoms with Gasteiger partial charge in [0.15, 0.2) is 0 Å². The van der Waals surface area contributed by atoms with Crippen LogP contribution in [0.4, 0.5) is 5.69 Å². The van der Waals surface area contributed by atoms with Gasteiger partial charge in [-0.1, -0.05) is 24.6 Å². The summed E-state index contributed by atoms with van der Waals surface area (Å²) in [7, 11) is 0. The molecule has 1 atom stereocenters. The second-order valence-corrected chi connectivity index (χ2v) is 5.05. The Morgan fingerprint density at radius 1 is 1.25 bits per heavy atom. The molecule has 1 aliphatic heterocycles. The van der Waals surface area contributed by atoms with Gasteiger partial charge in [-0.25, -0.2) is 4.79 Å². The minimum absolute atomic E-state index is 0.112. The molecular weight excluding hydrogens is 256 g/mol. The smallest absolute Gasteiger partial charge is 0.327 e. The van der Waals surface area contributed by atoms with Gasteiger partial charge in [0.2, 0.25) is 5.91 Å². The topological polar surface area (TPSA) is 83.6 Å². The summed E-state index contributed by atoms with van der Waals surface area (Å²) in [5.41, 5.74) is 7.09. The van der Waals surface area contributed by atoms with Crippen molar-refractivity contribution in [2.75, 3.05) is 11.4 Å². The molecule has 1 aromatic carbocycles. The maximum absolute atomic E-state index is 12.3. The second-order valence-electron chi connectivity index (χ2n) is 5.05. The summed E-state index contributed by atoms with van der Waals surface area (Å²) in [5.74, 6) is -1.06. The molecule has 0 saturated carbocycles. The number of para-hydroxylation sites is 1. The number of benzene rings is 1. The van der Waals surface area contributed by atoms with E-state index in [0.717, 1.165) is 30.5 Å². The Hall–Kier alpha value is -1.88. The van der Waals surface area contributed by atoms with Crippen molar-refractivity contribution in [3.05, 3.63) is 29.8 Å². The molecule has 0 radical (unpaired) electrons. The Bertz CT molecular complexity index is 502. The van der Waals surface area contributed by atoms with Crippen molar-refractivity contribution in [3.8, 4) is 0 Å². The SMILES string of the molecule is NCCCCCC(=O)N1c2ccccc2CC1C(=O)O. The lowest BCUT2D eigenvalue weighted by molar-refractivity contribution is -0.139. The third kappa shape index (κ3) is 2.99. The third-order valence-electron chi connectivity index (χ3n) is 3.62. The molecule has 0 saturated heterocycles. The molecule has 1 aliphatic rings. The molecule has 1 aromatic rings. The maximum Gasteiger partial charge on any atom is 0.327 e. The summed E-state index contributed by atoms with van der Waals surface area (Å²) >= 11 is 0. The van der Waals surface area contributed by atoms with Crippen LogP contribution < -0.4 is 10.6 Å². The first-order valence-corrected chi connectivity index (χ1v) is 6.98. The molecule has 0 spiro atoms. The Kier molecular flexibility index (Phi) is 4.74. The quantitative estimate of drug-likeness (QED) is 0.772. The van der Waals surface area contributed by atoms with E-state index in [1.165, 1.54) is 4.90 Å². The van der Waals surface area contributed by atoms with Gasteiger partial charge in [-0.15, -0.1) is 0 Å². The lowest BCUT2D eigenvalue weighted by Gasteiger charge is -2.22. The van der Waals surface area contributed by atoms with E-state index in [0.29, 0.717) is 19.4 Å². The molecule has 1 unspecified atom stereocenters. The molecule has 2 rings (SSSR count). The van der Waals surface area contributed by atoms with E-state index in [1.807, 2.05) is 24.3 Å². The van der Waals surface area contributed by atoms with E-state index in [1.54, 1.807) is 0 Å². The number of aliphatic carboxylic acids is 1. The lowest BCUT2D eigenvalue weighted by Crippen LogP contribution is -2.42. The van der Waals surface area contributed by atoms with Crippen LogP contribution in [0.1, 0.15) is 31.2 Å². The average molecular weight is 276 g/mol. The van der Waals surface area contributed by atoms with E-state index in [2.05, 4.69) is 0 Å². The number of nitrogens with two attached hydrogens (primary N) is 1. The summed E-state index contributed by atoms with van der Waals surface area (Å²) in [6, 6.07) is 6.63. The number of carbonyl (C=O) groups excluding carboxylic acids is 1. The van der Waals surface area contributed by atoms with E-state index in [-0.39, 0.29) is 5.91 Å². The number of carbonyl (C=O) groups is 2. The van der Waals surface area contributed by atoms with Crippen LogP contribution in [0.15, 0.2) is 24.3 Å². The molecule has 0 bridgehead atoms. The summed E-state index contributed by atoms with van der Waals surface area (Å²) < 4.78 is 0. The van der Waals surface area contributed by atoms with Gasteiger partial charge in [0.1, 0.15) is 6.04 Å². The molecule has 108 valence electrons. The monoisotopic (exact) mass is 276 g/mol. The van der Waals surface area contributed by atoms with Gasteiger partial charge in [-0.05, 0) is 31.0 Å². The zero-order valence-electron chi connectivity index (χ0n) is 11.4. The number of rotatable bonds is 6. The first-order valence-electron chi connectivity index (χ1n) is 6.98. The van der Waals surface area contributed by atoms with E-state index in [4.69, 9.17) is 5.73 Å². The van der Waals surface area contributed by atoms with Crippen molar-refractivity contribution in [1.82, 2.24) is 0 Å². The predicted octanol–water partition coefficient (Wildman–Crippen LogP) is 1.55. The Labute approximate surface area is 118 Å². The van der Waals surface area contributed by atoms with Gasteiger partial charge < -0.3 is 10.8 Å². The highest BCUT2D eigenvalue weighted by Crippen LogP contribution is 2.32. The average Bonchev–Trinajstić information content (AvgIpc) is 2.83. The Morgan fingerprint density at radius 2 is 2.00 bits per heavy atom. The first kappa shape index (κ1) is 14.5. The number of anilines is 1. The molecule has 0 fully saturated rings. The number of hydrogen-bond donors (Lipinski definition) is 2. The van der Waals surface area contributed by atoms with Gasteiger partial charge in [-0.3, -0.25) is 9.69 Å². The first-order chi connectivity index (χ1) is 9.65. The van der Waals surface area contributed by atoms with E-state index < -0.39 is 12.0 Å². The highest BCUT2D eigenvalue weighted by Gasteiger charge is 2.37. The fraction of sp³-hybridized carbons (Fsp3) is 0.467. The molecule has 1 heterocycles. The van der Waals surface area contributed by atoms with Gasteiger partial charge in [0.25, 0.3) is 0 Å². The van der Waals surface area contributed by atoms with Crippen LogP contribution in [0, 0.1) is 0 Å². The normalized spacial score (nSPS) is 17.1. The molecule has 5 heteroatoms. The number of carboxylic acid groups (broad SMARTS) is 1. The summed E-state index contributed by atoms with van der Waals surface area (Å²) in [4.78, 5) is 25.1. The van der Waals surface area contributed by atoms with Crippen molar-refractivity contribution >= 4 is 17.6 Å². The van der Waals surface area contributed by atoms with Gasteiger partial charge in [-0.2, -0.15) is 0 Å². The largest absolute Gasteiger partial charge is 0.480 e. The minimum Gasteiger partial charge on any atom is -0.480 e. The third-order valence-corrected chi connectivity index (χ3v) is 3.62. The van der Waals surface area contributed by atoms with E-state index in [9.17, 15) is 14.7 Å². The van der Waals surface area contributed by atoms with Crippen molar-refractivity contribution < 1.29 is 14.7 Å². The zero-order valence-corrected chi connectivity index (χ0v) is 11.4. The predicted molar refractivity (Wildman–Crippen MR) is 76.6 cm³/mol. The van der Waals surface area contributed by atoms with Crippen molar-refractivity contribution in [2.45, 2.75) is 38.1 Å². The second kappa shape index (κ2) is 6.52. The summed E-state index contributed by atoms with van der Waals surface area (Å²) in [5, 5.41) is 9.30. The molecule has 3 N–H and O–H groups in total. The molecule has 20 heavy (non-hydrogen) atoms. The molecule has 0 aliphatic carbocycles. The van der Waals surface area contributed by atoms with Crippen molar-refractivity contribution in [2.24, 2.45) is 5.73 Å². The van der Waals surface area contributed by atoms with Crippen LogP contribution in [0.25, 0.3) is 0 Å². The maximum atomic E-state index is 12.3. The highest BCUT2D eigenvalue weighted by molar-refractivity contribution is 6.01. The number of unbranched alkanes of at least 4 members (excludes halogenated alkanes) is 2. The van der Waals surface area contributed by atoms with Crippen molar-refractivity contribution in [1.29, 1.82) is 0 Å². The molecule has 5 nitrogen and oxygen atoms in total. The van der Waals surface area contributed by atoms with Crippen LogP contribution in [-0.2, 0) is 16.0 Å². The highest BCUT2D eigenvalue weighted by atomic mass is 16.4. The van der Waals surface area contributed by atoms with Crippen LogP contribution in [0.5, 0.6) is 0 Å². The minimum atomic E-state index is -0.948. The lowest BCUT2D eigenvalue weighted by atomic mass is 10.1. The summed E-state index contributed by atoms with van der Waals surface area (Å²) in [6.45, 7) is 0.624. The van der Waals surface area contributed by atoms with Gasteiger partial charge >= 0.3 is 5.97 Å². The number of fused-ring (bicyclic) bond motifs is 1. The fourth-order valence-electron chi connectivity index (χ4n) is 2.61. The molecule has 0 aromatic heterocycles. The molecular formula is C15H20N2O3. The van der Waals surface area contributed by atoms with Crippen molar-refractivity contribution in [3.63, 3.8) is 0 Å². The van der Waals surface area contributed by atoms with Crippen LogP contribution in [0.3, 0.4) is 0 Å².